The van der Waals surface area contributed by atoms with Gasteiger partial charge in [0.2, 0.25) is 0 Å². The van der Waals surface area contributed by atoms with Gasteiger partial charge in [-0.3, -0.25) is 0 Å². The Bertz CT molecular complexity index is 81.8. The van der Waals surface area contributed by atoms with Gasteiger partial charge in [-0.25, -0.2) is 8.78 Å². The van der Waals surface area contributed by atoms with E-state index in [9.17, 15) is 8.78 Å². The lowest BCUT2D eigenvalue weighted by Crippen LogP contribution is -2.11. The van der Waals surface area contributed by atoms with Gasteiger partial charge in [0, 0.05) is 0 Å². The lowest BCUT2D eigenvalue weighted by atomic mass is 9.91. The van der Waals surface area contributed by atoms with Gasteiger partial charge in [0.05, 0.1) is 0 Å². The van der Waals surface area contributed by atoms with Crippen LogP contribution in [0.3, 0.4) is 0 Å². The first-order chi connectivity index (χ1) is 3.18. The van der Waals surface area contributed by atoms with Gasteiger partial charge in [0.15, 0.2) is 5.73 Å². The van der Waals surface area contributed by atoms with Crippen molar-refractivity contribution in [3.8, 4) is 0 Å². The predicted octanol–water partition coefficient (Wildman–Crippen LogP) is -0.221. The minimum Gasteiger partial charge on any atom is -0.422 e. The normalized spacial score (nSPS) is 11.7. The number of halogens is 2. The van der Waals surface area contributed by atoms with Crippen LogP contribution in [0.2, 0.25) is 0 Å². The van der Waals surface area contributed by atoms with E-state index in [0.29, 0.717) is 0 Å². The van der Waals surface area contributed by atoms with Crippen LogP contribution < -0.4 is 0 Å². The monoisotopic (exact) mass is 108 g/mol. The van der Waals surface area contributed by atoms with E-state index in [1.807, 2.05) is 0 Å². The molecular weight excluding hydrogens is 105 g/mol. The first-order valence-corrected chi connectivity index (χ1v) is 1.50. The summed E-state index contributed by atoms with van der Waals surface area (Å²) in [7, 11) is -2.31. The van der Waals surface area contributed by atoms with Crippen molar-refractivity contribution >= 4 is 7.12 Å². The SMILES string of the molecule is OB(O)/C(F)=C\F. The second-order valence-corrected chi connectivity index (χ2v) is 0.868. The van der Waals surface area contributed by atoms with E-state index in [1.165, 1.54) is 0 Å². The second kappa shape index (κ2) is 2.71. The zero-order valence-electron chi connectivity index (χ0n) is 3.31. The zero-order valence-corrected chi connectivity index (χ0v) is 3.31. The third-order valence-corrected chi connectivity index (χ3v) is 0.351. The molecule has 0 unspecified atom stereocenters. The van der Waals surface area contributed by atoms with Crippen LogP contribution in [0.1, 0.15) is 0 Å². The van der Waals surface area contributed by atoms with Crippen LogP contribution in [0.25, 0.3) is 0 Å². The minimum atomic E-state index is -2.31. The van der Waals surface area contributed by atoms with Crippen molar-refractivity contribution in [1.29, 1.82) is 0 Å². The van der Waals surface area contributed by atoms with Crippen LogP contribution in [0.4, 0.5) is 8.78 Å². The Morgan fingerprint density at radius 2 is 2.00 bits per heavy atom. The fourth-order valence-corrected chi connectivity index (χ4v) is 0.0563. The molecule has 0 aliphatic carbocycles. The van der Waals surface area contributed by atoms with Crippen molar-refractivity contribution in [3.63, 3.8) is 0 Å². The largest absolute Gasteiger partial charge is 0.521 e. The third kappa shape index (κ3) is 2.30. The van der Waals surface area contributed by atoms with Crippen molar-refractivity contribution < 1.29 is 18.8 Å². The first kappa shape index (κ1) is 6.58. The Balaban J connectivity index is 3.56. The third-order valence-electron chi connectivity index (χ3n) is 0.351. The molecule has 0 spiro atoms. The van der Waals surface area contributed by atoms with Crippen molar-refractivity contribution in [2.45, 2.75) is 0 Å². The molecule has 2 N–H and O–H groups in total. The molecule has 5 heteroatoms. The van der Waals surface area contributed by atoms with Crippen LogP contribution in [0, 0.1) is 0 Å². The molecule has 2 nitrogen and oxygen atoms in total. The minimum absolute atomic E-state index is 0.509. The topological polar surface area (TPSA) is 40.5 Å². The molecule has 0 saturated heterocycles. The fraction of sp³-hybridized carbons (Fsp3) is 0. The summed E-state index contributed by atoms with van der Waals surface area (Å²) in [5.41, 5.74) is -1.58. The molecule has 0 amide bonds. The predicted molar refractivity (Wildman–Crippen MR) is 20.5 cm³/mol. The lowest BCUT2D eigenvalue weighted by Gasteiger charge is -1.85. The Labute approximate surface area is 39.2 Å². The molecule has 0 rings (SSSR count). The van der Waals surface area contributed by atoms with Gasteiger partial charge in [0.1, 0.15) is 6.33 Å². The van der Waals surface area contributed by atoms with Gasteiger partial charge in [-0.2, -0.15) is 0 Å². The summed E-state index contributed by atoms with van der Waals surface area (Å²) < 4.78 is 22.0. The summed E-state index contributed by atoms with van der Waals surface area (Å²) in [6, 6.07) is 0. The molecule has 0 radical (unpaired) electrons. The highest BCUT2D eigenvalue weighted by molar-refractivity contribution is 6.49. The summed E-state index contributed by atoms with van der Waals surface area (Å²) in [6.45, 7) is 0. The quantitative estimate of drug-likeness (QED) is 0.455. The van der Waals surface area contributed by atoms with Gasteiger partial charge >= 0.3 is 7.12 Å². The Hall–Kier alpha value is -0.415. The van der Waals surface area contributed by atoms with Crippen molar-refractivity contribution in [2.75, 3.05) is 0 Å². The highest BCUT2D eigenvalue weighted by Gasteiger charge is 2.13. The standard InChI is InChI=1S/C2H3BF2O2/c4-1-2(5)3(6)7/h1,6-7H/b2-1+. The Morgan fingerprint density at radius 1 is 1.57 bits per heavy atom. The molecule has 0 aliphatic rings. The average molecular weight is 108 g/mol. The maximum Gasteiger partial charge on any atom is 0.521 e. The Morgan fingerprint density at radius 3 is 2.00 bits per heavy atom. The molecule has 40 valence electrons. The van der Waals surface area contributed by atoms with Gasteiger partial charge < -0.3 is 10.0 Å². The van der Waals surface area contributed by atoms with Gasteiger partial charge in [-0.1, -0.05) is 0 Å². The smallest absolute Gasteiger partial charge is 0.422 e. The van der Waals surface area contributed by atoms with Crippen LogP contribution in [0.15, 0.2) is 12.1 Å². The molecule has 0 saturated carbocycles. The first-order valence-electron chi connectivity index (χ1n) is 1.50. The van der Waals surface area contributed by atoms with E-state index in [-0.39, 0.29) is 0 Å². The van der Waals surface area contributed by atoms with Crippen molar-refractivity contribution in [2.24, 2.45) is 0 Å². The maximum absolute atomic E-state index is 11.2. The van der Waals surface area contributed by atoms with Crippen LogP contribution in [-0.2, 0) is 0 Å². The zero-order chi connectivity index (χ0) is 5.86. The van der Waals surface area contributed by atoms with E-state index in [4.69, 9.17) is 10.0 Å². The van der Waals surface area contributed by atoms with Gasteiger partial charge in [0.25, 0.3) is 0 Å². The molecule has 0 fully saturated rings. The van der Waals surface area contributed by atoms with E-state index in [2.05, 4.69) is 0 Å². The maximum atomic E-state index is 11.2. The fourth-order valence-electron chi connectivity index (χ4n) is 0.0563. The molecule has 0 bridgehead atoms. The molecule has 0 aromatic heterocycles. The highest BCUT2D eigenvalue weighted by atomic mass is 19.2. The van der Waals surface area contributed by atoms with Gasteiger partial charge in [-0.05, 0) is 0 Å². The summed E-state index contributed by atoms with van der Waals surface area (Å²) in [4.78, 5) is 0. The summed E-state index contributed by atoms with van der Waals surface area (Å²) in [6.07, 6.45) is -0.509. The molecule has 0 aliphatic heterocycles. The van der Waals surface area contributed by atoms with Crippen LogP contribution in [0.5, 0.6) is 0 Å². The average Bonchev–Trinajstić information content (AvgIpc) is 1.65. The number of hydrogen-bond acceptors (Lipinski definition) is 2. The Kier molecular flexibility index (Phi) is 2.55. The molecule has 0 heterocycles. The highest BCUT2D eigenvalue weighted by Crippen LogP contribution is 1.95. The second-order valence-electron chi connectivity index (χ2n) is 0.868. The van der Waals surface area contributed by atoms with Crippen molar-refractivity contribution in [1.82, 2.24) is 0 Å². The van der Waals surface area contributed by atoms with E-state index in [1.54, 1.807) is 0 Å². The lowest BCUT2D eigenvalue weighted by molar-refractivity contribution is 0.395. The van der Waals surface area contributed by atoms with Crippen molar-refractivity contribution in [3.05, 3.63) is 12.1 Å². The summed E-state index contributed by atoms with van der Waals surface area (Å²) in [5.74, 6) is 0. The molecule has 0 aromatic rings. The molecular formula is C2H3BF2O2. The van der Waals surface area contributed by atoms with E-state index < -0.39 is 19.2 Å². The summed E-state index contributed by atoms with van der Waals surface area (Å²) in [5, 5.41) is 15.4. The molecule has 0 atom stereocenters. The molecule has 0 aromatic carbocycles. The van der Waals surface area contributed by atoms with Gasteiger partial charge in [-0.15, -0.1) is 0 Å². The number of hydrogen-bond donors (Lipinski definition) is 2. The number of rotatable bonds is 1. The van der Waals surface area contributed by atoms with E-state index in [0.717, 1.165) is 0 Å². The summed E-state index contributed by atoms with van der Waals surface area (Å²) >= 11 is 0. The molecule has 7 heavy (non-hydrogen) atoms. The van der Waals surface area contributed by atoms with Crippen LogP contribution in [-0.4, -0.2) is 17.2 Å². The van der Waals surface area contributed by atoms with Crippen LogP contribution >= 0.6 is 0 Å². The van der Waals surface area contributed by atoms with E-state index >= 15 is 0 Å².